The summed E-state index contributed by atoms with van der Waals surface area (Å²) in [4.78, 5) is 19.0. The van der Waals surface area contributed by atoms with E-state index >= 15 is 0 Å². The molecule has 1 amide bonds. The molecule has 7 nitrogen and oxygen atoms in total. The Balaban J connectivity index is 1.62. The van der Waals surface area contributed by atoms with Crippen molar-refractivity contribution < 1.29 is 13.2 Å². The van der Waals surface area contributed by atoms with Crippen molar-refractivity contribution >= 4 is 32.4 Å². The summed E-state index contributed by atoms with van der Waals surface area (Å²) in [5, 5.41) is 0.373. The Morgan fingerprint density at radius 2 is 1.96 bits per heavy atom. The van der Waals surface area contributed by atoms with Crippen molar-refractivity contribution in [2.45, 2.75) is 6.04 Å². The summed E-state index contributed by atoms with van der Waals surface area (Å²) < 4.78 is 26.2. The Morgan fingerprint density at radius 3 is 2.58 bits per heavy atom. The third kappa shape index (κ3) is 3.00. The minimum absolute atomic E-state index is 0.0775. The number of fused-ring (bicyclic) bond motifs is 1. The molecule has 0 saturated carbocycles. The molecule has 3 heterocycles. The van der Waals surface area contributed by atoms with Gasteiger partial charge in [0.1, 0.15) is 4.88 Å². The van der Waals surface area contributed by atoms with Gasteiger partial charge in [0.25, 0.3) is 5.91 Å². The lowest BCUT2D eigenvalue weighted by atomic mass is 9.90. The van der Waals surface area contributed by atoms with Crippen LogP contribution in [0.3, 0.4) is 0 Å². The summed E-state index contributed by atoms with van der Waals surface area (Å²) in [5.41, 5.74) is 6.61. The molecule has 0 spiro atoms. The number of nitrogen functional groups attached to an aromatic ring is 1. The summed E-state index contributed by atoms with van der Waals surface area (Å²) in [6.45, 7) is 1.53. The van der Waals surface area contributed by atoms with Gasteiger partial charge in [-0.3, -0.25) is 4.79 Å². The second-order valence-electron chi connectivity index (χ2n) is 6.89. The van der Waals surface area contributed by atoms with Crippen LogP contribution in [0.2, 0.25) is 0 Å². The number of thiazole rings is 1. The van der Waals surface area contributed by atoms with E-state index in [9.17, 15) is 13.2 Å². The van der Waals surface area contributed by atoms with Crippen molar-refractivity contribution in [1.82, 2.24) is 14.2 Å². The van der Waals surface area contributed by atoms with E-state index in [1.807, 2.05) is 30.3 Å². The average Bonchev–Trinajstić information content (AvgIpc) is 3.27. The standard InChI is InChI=1S/C17H20N4O3S2/c1-26(23,24)21-9-12-8-20(16(22)14-7-19-17(18)25-14)10-13(12)15(21)11-5-3-2-4-6-11/h2-7,12-13,15H,8-10H2,1H3,(H2,18,19)/t12-,13-,15+/m1/s1. The zero-order valence-corrected chi connectivity index (χ0v) is 15.9. The molecule has 2 aliphatic heterocycles. The molecule has 2 N–H and O–H groups in total. The van der Waals surface area contributed by atoms with Crippen molar-refractivity contribution in [2.24, 2.45) is 11.8 Å². The summed E-state index contributed by atoms with van der Waals surface area (Å²) >= 11 is 1.18. The van der Waals surface area contributed by atoms with Crippen molar-refractivity contribution in [3.63, 3.8) is 0 Å². The Labute approximate surface area is 156 Å². The molecule has 4 rings (SSSR count). The molecule has 9 heteroatoms. The molecule has 2 fully saturated rings. The van der Waals surface area contributed by atoms with Crippen LogP contribution in [0.5, 0.6) is 0 Å². The van der Waals surface area contributed by atoms with Crippen LogP contribution in [0.4, 0.5) is 5.13 Å². The maximum Gasteiger partial charge on any atom is 0.265 e. The topological polar surface area (TPSA) is 96.6 Å². The first kappa shape index (κ1) is 17.4. The zero-order valence-electron chi connectivity index (χ0n) is 14.3. The number of anilines is 1. The van der Waals surface area contributed by atoms with E-state index in [0.717, 1.165) is 5.56 Å². The Morgan fingerprint density at radius 1 is 1.23 bits per heavy atom. The first-order chi connectivity index (χ1) is 12.3. The van der Waals surface area contributed by atoms with Crippen LogP contribution >= 0.6 is 11.3 Å². The largest absolute Gasteiger partial charge is 0.375 e. The number of benzene rings is 1. The summed E-state index contributed by atoms with van der Waals surface area (Å²) in [6, 6.07) is 9.43. The third-order valence-corrected chi connectivity index (χ3v) is 7.25. The lowest BCUT2D eigenvalue weighted by molar-refractivity contribution is 0.0778. The third-order valence-electron chi connectivity index (χ3n) is 5.21. The van der Waals surface area contributed by atoms with Crippen molar-refractivity contribution in [3.8, 4) is 0 Å². The first-order valence-corrected chi connectivity index (χ1v) is 11.0. The second kappa shape index (κ2) is 6.33. The van der Waals surface area contributed by atoms with E-state index in [-0.39, 0.29) is 23.8 Å². The van der Waals surface area contributed by atoms with E-state index < -0.39 is 10.0 Å². The number of carbonyl (C=O) groups excluding carboxylic acids is 1. The Kier molecular flexibility index (Phi) is 4.25. The number of aromatic nitrogens is 1. The van der Waals surface area contributed by atoms with Gasteiger partial charge in [-0.05, 0) is 11.5 Å². The van der Waals surface area contributed by atoms with Crippen LogP contribution in [-0.2, 0) is 10.0 Å². The van der Waals surface area contributed by atoms with Crippen LogP contribution in [0.15, 0.2) is 36.5 Å². The monoisotopic (exact) mass is 392 g/mol. The van der Waals surface area contributed by atoms with Gasteiger partial charge >= 0.3 is 0 Å². The molecule has 0 bridgehead atoms. The molecule has 2 saturated heterocycles. The lowest BCUT2D eigenvalue weighted by Crippen LogP contribution is -2.36. The van der Waals surface area contributed by atoms with Gasteiger partial charge < -0.3 is 10.6 Å². The smallest absolute Gasteiger partial charge is 0.265 e. The fourth-order valence-corrected chi connectivity index (χ4v) is 5.92. The van der Waals surface area contributed by atoms with Gasteiger partial charge in [-0.1, -0.05) is 41.7 Å². The van der Waals surface area contributed by atoms with Gasteiger partial charge in [0.05, 0.1) is 18.5 Å². The number of likely N-dealkylation sites (tertiary alicyclic amines) is 1. The highest BCUT2D eigenvalue weighted by molar-refractivity contribution is 7.88. The van der Waals surface area contributed by atoms with E-state index in [2.05, 4.69) is 4.98 Å². The summed E-state index contributed by atoms with van der Waals surface area (Å²) in [7, 11) is -3.32. The van der Waals surface area contributed by atoms with Gasteiger partial charge in [0.2, 0.25) is 10.0 Å². The highest BCUT2D eigenvalue weighted by Gasteiger charge is 2.51. The quantitative estimate of drug-likeness (QED) is 0.852. The van der Waals surface area contributed by atoms with E-state index in [4.69, 9.17) is 5.73 Å². The first-order valence-electron chi connectivity index (χ1n) is 8.37. The molecule has 0 radical (unpaired) electrons. The van der Waals surface area contributed by atoms with Crippen LogP contribution in [0, 0.1) is 11.8 Å². The van der Waals surface area contributed by atoms with E-state index in [0.29, 0.717) is 29.6 Å². The Hall–Kier alpha value is -1.97. The van der Waals surface area contributed by atoms with Gasteiger partial charge in [0, 0.05) is 25.6 Å². The predicted molar refractivity (Wildman–Crippen MR) is 100 cm³/mol. The number of hydrogen-bond donors (Lipinski definition) is 1. The van der Waals surface area contributed by atoms with E-state index in [1.165, 1.54) is 23.8 Å². The molecule has 26 heavy (non-hydrogen) atoms. The predicted octanol–water partition coefficient (Wildman–Crippen LogP) is 1.43. The molecule has 2 aromatic rings. The fourth-order valence-electron chi connectivity index (χ4n) is 4.12. The highest BCUT2D eigenvalue weighted by Crippen LogP contribution is 2.46. The van der Waals surface area contributed by atoms with Crippen LogP contribution in [-0.4, -0.2) is 54.4 Å². The zero-order chi connectivity index (χ0) is 18.5. The summed E-state index contributed by atoms with van der Waals surface area (Å²) in [5.74, 6) is 0.136. The number of rotatable bonds is 3. The second-order valence-corrected chi connectivity index (χ2v) is 9.88. The normalized spacial score (nSPS) is 26.2. The van der Waals surface area contributed by atoms with Crippen LogP contribution < -0.4 is 5.73 Å². The lowest BCUT2D eigenvalue weighted by Gasteiger charge is -2.28. The van der Waals surface area contributed by atoms with Crippen LogP contribution in [0.1, 0.15) is 21.3 Å². The van der Waals surface area contributed by atoms with E-state index in [1.54, 1.807) is 9.21 Å². The molecule has 2 aliphatic rings. The molecule has 1 aromatic heterocycles. The number of nitrogens with zero attached hydrogens (tertiary/aromatic N) is 3. The number of amides is 1. The maximum atomic E-state index is 12.7. The molecule has 1 aromatic carbocycles. The number of carbonyl (C=O) groups is 1. The van der Waals surface area contributed by atoms with Gasteiger partial charge in [-0.15, -0.1) is 0 Å². The number of nitrogens with two attached hydrogens (primary N) is 1. The van der Waals surface area contributed by atoms with Gasteiger partial charge in [-0.2, -0.15) is 4.31 Å². The van der Waals surface area contributed by atoms with Crippen molar-refractivity contribution in [1.29, 1.82) is 0 Å². The highest BCUT2D eigenvalue weighted by atomic mass is 32.2. The number of hydrogen-bond acceptors (Lipinski definition) is 6. The fraction of sp³-hybridized carbons (Fsp3) is 0.412. The molecular weight excluding hydrogens is 372 g/mol. The maximum absolute atomic E-state index is 12.7. The molecular formula is C17H20N4O3S2. The SMILES string of the molecule is CS(=O)(=O)N1C[C@H]2CN(C(=O)c3cnc(N)s3)C[C@H]2[C@@H]1c1ccccc1. The molecule has 138 valence electrons. The van der Waals surface area contributed by atoms with Crippen LogP contribution in [0.25, 0.3) is 0 Å². The van der Waals surface area contributed by atoms with Crippen molar-refractivity contribution in [3.05, 3.63) is 47.0 Å². The summed E-state index contributed by atoms with van der Waals surface area (Å²) in [6.07, 6.45) is 2.76. The molecule has 0 unspecified atom stereocenters. The number of sulfonamides is 1. The molecule has 0 aliphatic carbocycles. The average molecular weight is 393 g/mol. The van der Waals surface area contributed by atoms with Gasteiger partial charge in [-0.25, -0.2) is 13.4 Å². The Bertz CT molecular complexity index is 928. The van der Waals surface area contributed by atoms with Crippen molar-refractivity contribution in [2.75, 3.05) is 31.6 Å². The molecule has 3 atom stereocenters. The minimum atomic E-state index is -3.32. The minimum Gasteiger partial charge on any atom is -0.375 e. The van der Waals surface area contributed by atoms with Gasteiger partial charge in [0.15, 0.2) is 5.13 Å².